The number of hydrogen-bond donors (Lipinski definition) is 3. The molecule has 0 bridgehead atoms. The summed E-state index contributed by atoms with van der Waals surface area (Å²) in [6.45, 7) is 1.03. The molecular weight excluding hydrogens is 343 g/mol. The second kappa shape index (κ2) is 8.39. The number of anilines is 1. The Kier molecular flexibility index (Phi) is 6.50. The van der Waals surface area contributed by atoms with Crippen molar-refractivity contribution in [3.63, 3.8) is 0 Å². The van der Waals surface area contributed by atoms with Crippen LogP contribution in [-0.2, 0) is 9.59 Å². The lowest BCUT2D eigenvalue weighted by Crippen LogP contribution is -2.41. The van der Waals surface area contributed by atoms with Crippen molar-refractivity contribution in [2.24, 2.45) is 0 Å². The van der Waals surface area contributed by atoms with Crippen LogP contribution in [0.4, 0.5) is 18.9 Å². The highest BCUT2D eigenvalue weighted by atomic mass is 32.2. The average Bonchev–Trinajstić information content (AvgIpc) is 3.02. The standard InChI is InChI=1S/C15H18F3N3O2S/c16-15(17,18)24-11-5-3-10(4-6-11)21-13(22)7-9-20-14(23)12-2-1-8-19-12/h3-6,12,19H,1-2,7-9H2,(H,20,23)(H,21,22). The fraction of sp³-hybridized carbons (Fsp3) is 0.467. The van der Waals surface area contributed by atoms with Gasteiger partial charge < -0.3 is 16.0 Å². The Bertz CT molecular complexity index is 572. The zero-order valence-corrected chi connectivity index (χ0v) is 13.6. The highest BCUT2D eigenvalue weighted by Gasteiger charge is 2.29. The number of carbonyl (C=O) groups excluding carboxylic acids is 2. The Hall–Kier alpha value is -1.74. The largest absolute Gasteiger partial charge is 0.446 e. The van der Waals surface area contributed by atoms with E-state index < -0.39 is 5.51 Å². The maximum absolute atomic E-state index is 12.2. The van der Waals surface area contributed by atoms with Gasteiger partial charge in [-0.3, -0.25) is 9.59 Å². The van der Waals surface area contributed by atoms with E-state index in [1.54, 1.807) is 0 Å². The van der Waals surface area contributed by atoms with Gasteiger partial charge in [0.15, 0.2) is 0 Å². The smallest absolute Gasteiger partial charge is 0.354 e. The SMILES string of the molecule is O=C(CCNC(=O)C1CCCN1)Nc1ccc(SC(F)(F)F)cc1. The van der Waals surface area contributed by atoms with Gasteiger partial charge in [0.2, 0.25) is 11.8 Å². The summed E-state index contributed by atoms with van der Waals surface area (Å²) >= 11 is -0.209. The molecule has 2 rings (SSSR count). The van der Waals surface area contributed by atoms with Crippen LogP contribution in [0.15, 0.2) is 29.2 Å². The number of amides is 2. The maximum atomic E-state index is 12.2. The van der Waals surface area contributed by atoms with Crippen molar-refractivity contribution in [1.82, 2.24) is 10.6 Å². The number of nitrogens with one attached hydrogen (secondary N) is 3. The molecule has 132 valence electrons. The lowest BCUT2D eigenvalue weighted by atomic mass is 10.2. The van der Waals surface area contributed by atoms with E-state index in [1.807, 2.05) is 0 Å². The number of halogens is 3. The fourth-order valence-electron chi connectivity index (χ4n) is 2.29. The van der Waals surface area contributed by atoms with Crippen molar-refractivity contribution < 1.29 is 22.8 Å². The second-order valence-corrected chi connectivity index (χ2v) is 6.45. The molecule has 1 fully saturated rings. The van der Waals surface area contributed by atoms with E-state index in [2.05, 4.69) is 16.0 Å². The van der Waals surface area contributed by atoms with Crippen LogP contribution in [0.2, 0.25) is 0 Å². The van der Waals surface area contributed by atoms with Crippen LogP contribution in [0.5, 0.6) is 0 Å². The Morgan fingerprint density at radius 2 is 1.96 bits per heavy atom. The van der Waals surface area contributed by atoms with Crippen LogP contribution < -0.4 is 16.0 Å². The molecule has 0 aromatic heterocycles. The topological polar surface area (TPSA) is 70.2 Å². The third kappa shape index (κ3) is 6.40. The summed E-state index contributed by atoms with van der Waals surface area (Å²) in [6.07, 6.45) is 1.85. The van der Waals surface area contributed by atoms with Crippen LogP contribution in [0.3, 0.4) is 0 Å². The highest BCUT2D eigenvalue weighted by molar-refractivity contribution is 8.00. The summed E-state index contributed by atoms with van der Waals surface area (Å²) < 4.78 is 36.7. The number of alkyl halides is 3. The molecule has 5 nitrogen and oxygen atoms in total. The van der Waals surface area contributed by atoms with Gasteiger partial charge in [-0.05, 0) is 55.4 Å². The van der Waals surface area contributed by atoms with Crippen LogP contribution in [0, 0.1) is 0 Å². The van der Waals surface area contributed by atoms with Crippen LogP contribution in [0.25, 0.3) is 0 Å². The number of rotatable bonds is 6. The molecule has 0 spiro atoms. The van der Waals surface area contributed by atoms with Gasteiger partial charge in [-0.1, -0.05) is 0 Å². The predicted molar refractivity (Wildman–Crippen MR) is 85.6 cm³/mol. The van der Waals surface area contributed by atoms with E-state index in [4.69, 9.17) is 0 Å². The van der Waals surface area contributed by atoms with E-state index in [0.717, 1.165) is 19.4 Å². The summed E-state index contributed by atoms with van der Waals surface area (Å²) in [5.41, 5.74) is -3.92. The Morgan fingerprint density at radius 3 is 2.54 bits per heavy atom. The Balaban J connectivity index is 1.71. The molecule has 0 radical (unpaired) electrons. The van der Waals surface area contributed by atoms with Crippen molar-refractivity contribution in [2.75, 3.05) is 18.4 Å². The molecule has 1 unspecified atom stereocenters. The monoisotopic (exact) mass is 361 g/mol. The van der Waals surface area contributed by atoms with Gasteiger partial charge in [0.1, 0.15) is 0 Å². The van der Waals surface area contributed by atoms with E-state index >= 15 is 0 Å². The lowest BCUT2D eigenvalue weighted by Gasteiger charge is -2.11. The number of carbonyl (C=O) groups is 2. The average molecular weight is 361 g/mol. The van der Waals surface area contributed by atoms with Gasteiger partial charge in [0, 0.05) is 23.5 Å². The molecule has 1 aromatic carbocycles. The number of thioether (sulfide) groups is 1. The molecule has 24 heavy (non-hydrogen) atoms. The maximum Gasteiger partial charge on any atom is 0.446 e. The second-order valence-electron chi connectivity index (χ2n) is 5.31. The molecular formula is C15H18F3N3O2S. The first-order chi connectivity index (χ1) is 11.3. The minimum Gasteiger partial charge on any atom is -0.354 e. The molecule has 1 aromatic rings. The third-order valence-electron chi connectivity index (χ3n) is 3.40. The molecule has 0 aliphatic carbocycles. The summed E-state index contributed by atoms with van der Waals surface area (Å²) in [6, 6.07) is 5.22. The van der Waals surface area contributed by atoms with E-state index in [9.17, 15) is 22.8 Å². The van der Waals surface area contributed by atoms with Gasteiger partial charge in [0.25, 0.3) is 0 Å². The van der Waals surface area contributed by atoms with Gasteiger partial charge in [-0.2, -0.15) is 13.2 Å². The molecule has 9 heteroatoms. The number of benzene rings is 1. The molecule has 2 amide bonds. The first kappa shape index (κ1) is 18.6. The van der Waals surface area contributed by atoms with Crippen LogP contribution >= 0.6 is 11.8 Å². The Labute approximate surface area is 141 Å². The van der Waals surface area contributed by atoms with Gasteiger partial charge in [0.05, 0.1) is 6.04 Å². The van der Waals surface area contributed by atoms with E-state index in [1.165, 1.54) is 24.3 Å². The molecule has 1 heterocycles. The van der Waals surface area contributed by atoms with Crippen molar-refractivity contribution in [3.8, 4) is 0 Å². The van der Waals surface area contributed by atoms with Crippen molar-refractivity contribution in [2.45, 2.75) is 35.7 Å². The molecule has 1 aliphatic rings. The minimum atomic E-state index is -4.34. The minimum absolute atomic E-state index is 0.0526. The molecule has 0 saturated carbocycles. The molecule has 1 aliphatic heterocycles. The first-order valence-corrected chi connectivity index (χ1v) is 8.32. The Morgan fingerprint density at radius 1 is 1.25 bits per heavy atom. The van der Waals surface area contributed by atoms with Crippen molar-refractivity contribution in [1.29, 1.82) is 0 Å². The van der Waals surface area contributed by atoms with Crippen molar-refractivity contribution >= 4 is 29.3 Å². The summed E-state index contributed by atoms with van der Waals surface area (Å²) in [5, 5.41) is 8.33. The molecule has 1 saturated heterocycles. The van der Waals surface area contributed by atoms with Crippen LogP contribution in [-0.4, -0.2) is 36.5 Å². The normalized spacial score (nSPS) is 17.5. The van der Waals surface area contributed by atoms with Gasteiger partial charge in [-0.25, -0.2) is 0 Å². The van der Waals surface area contributed by atoms with Gasteiger partial charge >= 0.3 is 5.51 Å². The first-order valence-electron chi connectivity index (χ1n) is 7.50. The van der Waals surface area contributed by atoms with Gasteiger partial charge in [-0.15, -0.1) is 0 Å². The van der Waals surface area contributed by atoms with Crippen LogP contribution in [0.1, 0.15) is 19.3 Å². The quantitative estimate of drug-likeness (QED) is 0.681. The fourth-order valence-corrected chi connectivity index (χ4v) is 2.83. The van der Waals surface area contributed by atoms with E-state index in [0.29, 0.717) is 5.69 Å². The highest BCUT2D eigenvalue weighted by Crippen LogP contribution is 2.36. The lowest BCUT2D eigenvalue weighted by molar-refractivity contribution is -0.122. The zero-order chi connectivity index (χ0) is 17.6. The summed E-state index contributed by atoms with van der Waals surface area (Å²) in [4.78, 5) is 23.6. The number of hydrogen-bond acceptors (Lipinski definition) is 4. The van der Waals surface area contributed by atoms with E-state index in [-0.39, 0.29) is 47.5 Å². The molecule has 1 atom stereocenters. The summed E-state index contributed by atoms with van der Waals surface area (Å²) in [5.74, 6) is -0.431. The third-order valence-corrected chi connectivity index (χ3v) is 4.14. The molecule has 3 N–H and O–H groups in total. The van der Waals surface area contributed by atoms with Crippen molar-refractivity contribution in [3.05, 3.63) is 24.3 Å². The predicted octanol–water partition coefficient (Wildman–Crippen LogP) is 2.50. The summed E-state index contributed by atoms with van der Waals surface area (Å²) in [7, 11) is 0. The zero-order valence-electron chi connectivity index (χ0n) is 12.8.